The lowest BCUT2D eigenvalue weighted by atomic mass is 9.83. The van der Waals surface area contributed by atoms with E-state index in [0.29, 0.717) is 27.8 Å². The quantitative estimate of drug-likeness (QED) is 0.583. The molecule has 2 radical (unpaired) electrons. The summed E-state index contributed by atoms with van der Waals surface area (Å²) in [6.07, 6.45) is 0. The molecule has 0 amide bonds. The molecule has 2 heteroatoms. The molecule has 3 rings (SSSR count). The maximum absolute atomic E-state index is 12.2. The van der Waals surface area contributed by atoms with Gasteiger partial charge in [-0.05, 0) is 18.6 Å². The van der Waals surface area contributed by atoms with Crippen molar-refractivity contribution in [3.63, 3.8) is 0 Å². The van der Waals surface area contributed by atoms with E-state index >= 15 is 0 Å². The highest BCUT2D eigenvalue weighted by molar-refractivity contribution is 6.28. The molecule has 17 heavy (non-hydrogen) atoms. The zero-order chi connectivity index (χ0) is 12.0. The first-order chi connectivity index (χ1) is 8.18. The molecule has 0 saturated carbocycles. The van der Waals surface area contributed by atoms with Gasteiger partial charge >= 0.3 is 0 Å². The largest absolute Gasteiger partial charge is 0.289 e. The Morgan fingerprint density at radius 2 is 1.24 bits per heavy atom. The summed E-state index contributed by atoms with van der Waals surface area (Å²) in [4.78, 5) is 24.4. The molecule has 0 heterocycles. The van der Waals surface area contributed by atoms with Gasteiger partial charge in [0.2, 0.25) is 0 Å². The van der Waals surface area contributed by atoms with E-state index in [1.807, 2.05) is 0 Å². The van der Waals surface area contributed by atoms with Crippen LogP contribution in [-0.2, 0) is 0 Å². The minimum Gasteiger partial charge on any atom is -0.289 e. The second-order valence-corrected chi connectivity index (χ2v) is 4.01. The predicted molar refractivity (Wildman–Crippen MR) is 63.2 cm³/mol. The molecule has 0 bridgehead atoms. The molecule has 80 valence electrons. The summed E-state index contributed by atoms with van der Waals surface area (Å²) in [6.45, 7) is 5.65. The van der Waals surface area contributed by atoms with E-state index in [-0.39, 0.29) is 11.6 Å². The summed E-state index contributed by atoms with van der Waals surface area (Å²) in [6, 6.07) is 11.7. The Labute approximate surface area is 98.9 Å². The summed E-state index contributed by atoms with van der Waals surface area (Å²) in [5.41, 5.74) is 2.24. The van der Waals surface area contributed by atoms with Gasteiger partial charge in [0, 0.05) is 22.3 Å². The Morgan fingerprint density at radius 1 is 0.706 bits per heavy atom. The average molecular weight is 220 g/mol. The highest BCUT2D eigenvalue weighted by Gasteiger charge is 2.28. The topological polar surface area (TPSA) is 34.1 Å². The minimum atomic E-state index is -0.137. The molecule has 2 aromatic rings. The van der Waals surface area contributed by atoms with Crippen molar-refractivity contribution in [3.05, 3.63) is 77.2 Å². The van der Waals surface area contributed by atoms with Crippen molar-refractivity contribution >= 4 is 11.6 Å². The second kappa shape index (κ2) is 3.39. The third kappa shape index (κ3) is 1.34. The van der Waals surface area contributed by atoms with Crippen LogP contribution in [0.25, 0.3) is 0 Å². The second-order valence-electron chi connectivity index (χ2n) is 4.01. The number of ketones is 2. The zero-order valence-electron chi connectivity index (χ0n) is 8.94. The van der Waals surface area contributed by atoms with E-state index in [9.17, 15) is 9.59 Å². The Hall–Kier alpha value is -2.22. The van der Waals surface area contributed by atoms with Crippen molar-refractivity contribution < 1.29 is 9.59 Å². The van der Waals surface area contributed by atoms with E-state index in [1.165, 1.54) is 0 Å². The van der Waals surface area contributed by atoms with Gasteiger partial charge in [0.1, 0.15) is 0 Å². The van der Waals surface area contributed by atoms with Crippen LogP contribution in [0.3, 0.4) is 0 Å². The van der Waals surface area contributed by atoms with E-state index in [2.05, 4.69) is 0 Å². The fourth-order valence-corrected chi connectivity index (χ4v) is 2.12. The van der Waals surface area contributed by atoms with Crippen LogP contribution in [0.2, 0.25) is 0 Å². The lowest BCUT2D eigenvalue weighted by Crippen LogP contribution is -2.20. The smallest absolute Gasteiger partial charge is 0.194 e. The maximum Gasteiger partial charge on any atom is 0.194 e. The lowest BCUT2D eigenvalue weighted by Gasteiger charge is -2.17. The normalized spacial score (nSPS) is 13.2. The molecule has 0 saturated heterocycles. The van der Waals surface area contributed by atoms with Crippen molar-refractivity contribution in [2.75, 3.05) is 0 Å². The van der Waals surface area contributed by atoms with Crippen molar-refractivity contribution in [3.8, 4) is 0 Å². The molecular formula is C15H8O2. The van der Waals surface area contributed by atoms with Crippen LogP contribution in [-0.4, -0.2) is 11.6 Å². The van der Waals surface area contributed by atoms with Crippen molar-refractivity contribution in [1.29, 1.82) is 0 Å². The monoisotopic (exact) mass is 220 g/mol. The first-order valence-corrected chi connectivity index (χ1v) is 5.26. The SMILES string of the molecule is [CH]c1ccc2c(c1)C(=O)c1ccccc1C2=O. The fourth-order valence-electron chi connectivity index (χ4n) is 2.12. The van der Waals surface area contributed by atoms with E-state index in [4.69, 9.17) is 6.92 Å². The molecule has 2 aromatic carbocycles. The predicted octanol–water partition coefficient (Wildman–Crippen LogP) is 2.52. The van der Waals surface area contributed by atoms with Gasteiger partial charge in [0.25, 0.3) is 0 Å². The molecule has 0 atom stereocenters. The molecule has 0 N–H and O–H groups in total. The van der Waals surface area contributed by atoms with E-state index in [1.54, 1.807) is 42.5 Å². The van der Waals surface area contributed by atoms with Crippen LogP contribution >= 0.6 is 0 Å². The zero-order valence-corrected chi connectivity index (χ0v) is 8.94. The average Bonchev–Trinajstić information content (AvgIpc) is 2.36. The van der Waals surface area contributed by atoms with Gasteiger partial charge in [-0.2, -0.15) is 0 Å². The fraction of sp³-hybridized carbons (Fsp3) is 0. The van der Waals surface area contributed by atoms with Gasteiger partial charge in [-0.3, -0.25) is 9.59 Å². The first-order valence-electron chi connectivity index (χ1n) is 5.26. The number of rotatable bonds is 0. The van der Waals surface area contributed by atoms with Crippen LogP contribution in [0, 0.1) is 6.92 Å². The highest BCUT2D eigenvalue weighted by atomic mass is 16.1. The lowest BCUT2D eigenvalue weighted by molar-refractivity contribution is 0.0979. The Balaban J connectivity index is 2.33. The molecule has 2 nitrogen and oxygen atoms in total. The summed E-state index contributed by atoms with van der Waals surface area (Å²) in [5, 5.41) is 0. The number of hydrogen-bond donors (Lipinski definition) is 0. The molecule has 0 aliphatic heterocycles. The van der Waals surface area contributed by atoms with Gasteiger partial charge in [-0.1, -0.05) is 36.4 Å². The third-order valence-electron chi connectivity index (χ3n) is 2.95. The summed E-state index contributed by atoms with van der Waals surface area (Å²) < 4.78 is 0. The summed E-state index contributed by atoms with van der Waals surface area (Å²) in [5.74, 6) is -0.252. The Morgan fingerprint density at radius 3 is 1.88 bits per heavy atom. The van der Waals surface area contributed by atoms with Crippen LogP contribution in [0.5, 0.6) is 0 Å². The number of fused-ring (bicyclic) bond motifs is 2. The van der Waals surface area contributed by atoms with Crippen LogP contribution in [0.1, 0.15) is 37.4 Å². The first kappa shape index (κ1) is 9.97. The molecular weight excluding hydrogens is 212 g/mol. The number of carbonyl (C=O) groups excluding carboxylic acids is 2. The van der Waals surface area contributed by atoms with Crippen LogP contribution < -0.4 is 0 Å². The summed E-state index contributed by atoms with van der Waals surface area (Å²) >= 11 is 0. The van der Waals surface area contributed by atoms with Crippen LogP contribution in [0.15, 0.2) is 42.5 Å². The van der Waals surface area contributed by atoms with Gasteiger partial charge in [0.05, 0.1) is 0 Å². The maximum atomic E-state index is 12.2. The van der Waals surface area contributed by atoms with Gasteiger partial charge in [-0.15, -0.1) is 0 Å². The number of carbonyl (C=O) groups is 2. The third-order valence-corrected chi connectivity index (χ3v) is 2.95. The van der Waals surface area contributed by atoms with Gasteiger partial charge in [-0.25, -0.2) is 0 Å². The standard InChI is InChI=1S/C15H8O2/c1-9-6-7-12-13(8-9)15(17)11-5-3-2-4-10(11)14(12)16/h1-8H. The van der Waals surface area contributed by atoms with E-state index < -0.39 is 0 Å². The molecule has 0 spiro atoms. The van der Waals surface area contributed by atoms with Gasteiger partial charge in [0.15, 0.2) is 11.6 Å². The van der Waals surface area contributed by atoms with Crippen molar-refractivity contribution in [1.82, 2.24) is 0 Å². The Kier molecular flexibility index (Phi) is 1.99. The number of benzene rings is 2. The Bertz CT molecular complexity index is 654. The van der Waals surface area contributed by atoms with Gasteiger partial charge < -0.3 is 0 Å². The van der Waals surface area contributed by atoms with Crippen molar-refractivity contribution in [2.45, 2.75) is 0 Å². The molecule has 0 aromatic heterocycles. The minimum absolute atomic E-state index is 0.116. The van der Waals surface area contributed by atoms with Crippen LogP contribution in [0.4, 0.5) is 0 Å². The molecule has 0 fully saturated rings. The molecule has 0 unspecified atom stereocenters. The van der Waals surface area contributed by atoms with E-state index in [0.717, 1.165) is 0 Å². The summed E-state index contributed by atoms with van der Waals surface area (Å²) in [7, 11) is 0. The van der Waals surface area contributed by atoms with Crippen molar-refractivity contribution in [2.24, 2.45) is 0 Å². The number of hydrogen-bond acceptors (Lipinski definition) is 2. The highest BCUT2D eigenvalue weighted by Crippen LogP contribution is 2.27. The molecule has 1 aliphatic rings. The molecule has 1 aliphatic carbocycles.